The van der Waals surface area contributed by atoms with Crippen molar-refractivity contribution < 1.29 is 22.4 Å². The molecule has 0 atom stereocenters. The van der Waals surface area contributed by atoms with Gasteiger partial charge in [0.15, 0.2) is 5.58 Å². The summed E-state index contributed by atoms with van der Waals surface area (Å²) < 4.78 is 37.5. The first-order valence-electron chi connectivity index (χ1n) is 7.17. The van der Waals surface area contributed by atoms with Gasteiger partial charge in [-0.2, -0.15) is 0 Å². The molecule has 1 aromatic carbocycles. The predicted molar refractivity (Wildman–Crippen MR) is 82.6 cm³/mol. The van der Waals surface area contributed by atoms with E-state index in [4.69, 9.17) is 9.15 Å². The molecule has 126 valence electrons. The Morgan fingerprint density at radius 1 is 1.35 bits per heavy atom. The van der Waals surface area contributed by atoms with Gasteiger partial charge in [-0.3, -0.25) is 9.36 Å². The van der Waals surface area contributed by atoms with Gasteiger partial charge in [-0.05, 0) is 25.5 Å². The number of nitrogens with zero attached hydrogens (tertiary/aromatic N) is 1. The molecule has 1 N–H and O–H groups in total. The van der Waals surface area contributed by atoms with Crippen LogP contribution in [0.1, 0.15) is 20.3 Å². The van der Waals surface area contributed by atoms with E-state index in [9.17, 15) is 18.0 Å². The van der Waals surface area contributed by atoms with E-state index in [1.807, 2.05) is 6.92 Å². The van der Waals surface area contributed by atoms with Crippen molar-refractivity contribution in [2.75, 3.05) is 13.2 Å². The number of hydrogen-bond acceptors (Lipinski definition) is 6. The molecular formula is C14H18N2O6S. The SMILES string of the molecule is CCCNS(=O)(=O)c1ccc2c(c1)oc(=O)n2CC(=O)OCC. The Labute approximate surface area is 133 Å². The van der Waals surface area contributed by atoms with E-state index in [2.05, 4.69) is 4.72 Å². The molecular weight excluding hydrogens is 324 g/mol. The molecule has 0 saturated carbocycles. The lowest BCUT2D eigenvalue weighted by Crippen LogP contribution is -2.24. The third kappa shape index (κ3) is 3.80. The number of sulfonamides is 1. The highest BCUT2D eigenvalue weighted by Crippen LogP contribution is 2.18. The van der Waals surface area contributed by atoms with Gasteiger partial charge in [-0.25, -0.2) is 17.9 Å². The quantitative estimate of drug-likeness (QED) is 0.747. The number of aromatic nitrogens is 1. The van der Waals surface area contributed by atoms with E-state index in [1.165, 1.54) is 18.2 Å². The number of rotatable bonds is 7. The third-order valence-corrected chi connectivity index (χ3v) is 4.54. The van der Waals surface area contributed by atoms with Crippen LogP contribution in [0.5, 0.6) is 0 Å². The summed E-state index contributed by atoms with van der Waals surface area (Å²) in [5, 5.41) is 0. The minimum atomic E-state index is -3.66. The van der Waals surface area contributed by atoms with Crippen LogP contribution in [0.3, 0.4) is 0 Å². The maximum atomic E-state index is 12.1. The molecule has 2 aromatic rings. The van der Waals surface area contributed by atoms with E-state index in [1.54, 1.807) is 6.92 Å². The molecule has 0 aliphatic rings. The summed E-state index contributed by atoms with van der Waals surface area (Å²) in [7, 11) is -3.66. The van der Waals surface area contributed by atoms with Crippen LogP contribution >= 0.6 is 0 Å². The van der Waals surface area contributed by atoms with Crippen molar-refractivity contribution in [2.45, 2.75) is 31.7 Å². The molecule has 0 aliphatic carbocycles. The van der Waals surface area contributed by atoms with Crippen LogP contribution in [0.4, 0.5) is 0 Å². The zero-order valence-corrected chi connectivity index (χ0v) is 13.7. The molecule has 1 heterocycles. The van der Waals surface area contributed by atoms with Gasteiger partial charge in [-0.15, -0.1) is 0 Å². The zero-order chi connectivity index (χ0) is 17.0. The molecule has 0 spiro atoms. The number of fused-ring (bicyclic) bond motifs is 1. The van der Waals surface area contributed by atoms with Crippen LogP contribution in [-0.2, 0) is 26.1 Å². The van der Waals surface area contributed by atoms with Gasteiger partial charge in [0.1, 0.15) is 6.54 Å². The molecule has 0 saturated heterocycles. The third-order valence-electron chi connectivity index (χ3n) is 3.08. The van der Waals surface area contributed by atoms with Gasteiger partial charge in [-0.1, -0.05) is 6.92 Å². The number of carbonyl (C=O) groups is 1. The Bertz CT molecular complexity index is 865. The lowest BCUT2D eigenvalue weighted by Gasteiger charge is -2.05. The predicted octanol–water partition coefficient (Wildman–Crippen LogP) is 0.846. The standard InChI is InChI=1S/C14H18N2O6S/c1-3-7-15-23(19,20)10-5-6-11-12(8-10)22-14(18)16(11)9-13(17)21-4-2/h5-6,8,15H,3-4,7,9H2,1-2H3. The fourth-order valence-corrected chi connectivity index (χ4v) is 3.17. The topological polar surface area (TPSA) is 108 Å². The summed E-state index contributed by atoms with van der Waals surface area (Å²) in [5.41, 5.74) is 0.427. The van der Waals surface area contributed by atoms with Crippen molar-refractivity contribution in [1.82, 2.24) is 9.29 Å². The summed E-state index contributed by atoms with van der Waals surface area (Å²) in [6, 6.07) is 4.05. The minimum absolute atomic E-state index is 0.00418. The molecule has 1 aromatic heterocycles. The van der Waals surface area contributed by atoms with Crippen LogP contribution in [0.25, 0.3) is 11.1 Å². The number of nitrogens with one attached hydrogen (secondary N) is 1. The molecule has 0 fully saturated rings. The number of oxazole rings is 1. The van der Waals surface area contributed by atoms with Gasteiger partial charge < -0.3 is 9.15 Å². The van der Waals surface area contributed by atoms with Crippen LogP contribution in [0.2, 0.25) is 0 Å². The fraction of sp³-hybridized carbons (Fsp3) is 0.429. The number of ether oxygens (including phenoxy) is 1. The molecule has 2 rings (SSSR count). The first-order valence-corrected chi connectivity index (χ1v) is 8.66. The van der Waals surface area contributed by atoms with Crippen molar-refractivity contribution in [3.05, 3.63) is 28.7 Å². The monoisotopic (exact) mass is 342 g/mol. The lowest BCUT2D eigenvalue weighted by molar-refractivity contribution is -0.143. The van der Waals surface area contributed by atoms with E-state index in [0.29, 0.717) is 18.5 Å². The van der Waals surface area contributed by atoms with Crippen LogP contribution in [0.15, 0.2) is 32.3 Å². The second-order valence-electron chi connectivity index (χ2n) is 4.79. The molecule has 0 aliphatic heterocycles. The van der Waals surface area contributed by atoms with Crippen molar-refractivity contribution >= 4 is 27.1 Å². The lowest BCUT2D eigenvalue weighted by atomic mass is 10.3. The molecule has 23 heavy (non-hydrogen) atoms. The minimum Gasteiger partial charge on any atom is -0.465 e. The van der Waals surface area contributed by atoms with Crippen molar-refractivity contribution in [1.29, 1.82) is 0 Å². The smallest absolute Gasteiger partial charge is 0.420 e. The van der Waals surface area contributed by atoms with Crippen molar-refractivity contribution in [2.24, 2.45) is 0 Å². The summed E-state index contributed by atoms with van der Waals surface area (Å²) in [6.07, 6.45) is 0.659. The molecule has 0 bridgehead atoms. The van der Waals surface area contributed by atoms with Crippen LogP contribution < -0.4 is 10.5 Å². The number of hydrogen-bond donors (Lipinski definition) is 1. The summed E-state index contributed by atoms with van der Waals surface area (Å²) in [5.74, 6) is -1.32. The van der Waals surface area contributed by atoms with Gasteiger partial charge in [0, 0.05) is 12.6 Å². The van der Waals surface area contributed by atoms with Crippen LogP contribution in [0, 0.1) is 0 Å². The number of benzene rings is 1. The summed E-state index contributed by atoms with van der Waals surface area (Å²) in [6.45, 7) is 3.73. The first-order chi connectivity index (χ1) is 10.9. The molecule has 8 nitrogen and oxygen atoms in total. The second kappa shape index (κ2) is 6.97. The Kier molecular flexibility index (Phi) is 5.22. The highest BCUT2D eigenvalue weighted by Gasteiger charge is 2.18. The fourth-order valence-electron chi connectivity index (χ4n) is 2.02. The van der Waals surface area contributed by atoms with Gasteiger partial charge in [0.2, 0.25) is 10.0 Å². The summed E-state index contributed by atoms with van der Waals surface area (Å²) >= 11 is 0. The van der Waals surface area contributed by atoms with Gasteiger partial charge >= 0.3 is 11.7 Å². The van der Waals surface area contributed by atoms with E-state index in [0.717, 1.165) is 4.57 Å². The Balaban J connectivity index is 2.40. The number of carbonyl (C=O) groups excluding carboxylic acids is 1. The van der Waals surface area contributed by atoms with Crippen molar-refractivity contribution in [3.8, 4) is 0 Å². The van der Waals surface area contributed by atoms with Gasteiger partial charge in [0.25, 0.3) is 0 Å². The average Bonchev–Trinajstić information content (AvgIpc) is 2.81. The van der Waals surface area contributed by atoms with Crippen LogP contribution in [-0.4, -0.2) is 32.1 Å². The average molecular weight is 342 g/mol. The highest BCUT2D eigenvalue weighted by molar-refractivity contribution is 7.89. The molecule has 9 heteroatoms. The number of esters is 1. The van der Waals surface area contributed by atoms with Crippen molar-refractivity contribution in [3.63, 3.8) is 0 Å². The van der Waals surface area contributed by atoms with E-state index < -0.39 is 21.7 Å². The molecule has 0 unspecified atom stereocenters. The Hall–Kier alpha value is -2.13. The Morgan fingerprint density at radius 3 is 2.74 bits per heavy atom. The maximum Gasteiger partial charge on any atom is 0.420 e. The zero-order valence-electron chi connectivity index (χ0n) is 12.9. The highest BCUT2D eigenvalue weighted by atomic mass is 32.2. The van der Waals surface area contributed by atoms with E-state index >= 15 is 0 Å². The second-order valence-corrected chi connectivity index (χ2v) is 6.55. The normalized spacial score (nSPS) is 11.7. The maximum absolute atomic E-state index is 12.1. The first kappa shape index (κ1) is 17.2. The van der Waals surface area contributed by atoms with E-state index in [-0.39, 0.29) is 23.6 Å². The largest absolute Gasteiger partial charge is 0.465 e. The molecule has 0 amide bonds. The molecule has 0 radical (unpaired) electrons. The Morgan fingerprint density at radius 2 is 2.09 bits per heavy atom. The van der Waals surface area contributed by atoms with Gasteiger partial charge in [0.05, 0.1) is 17.0 Å². The summed E-state index contributed by atoms with van der Waals surface area (Å²) in [4.78, 5) is 23.4.